The van der Waals surface area contributed by atoms with Gasteiger partial charge in [0.25, 0.3) is 5.91 Å². The monoisotopic (exact) mass is 339 g/mol. The highest BCUT2D eigenvalue weighted by Gasteiger charge is 2.20. The van der Waals surface area contributed by atoms with Crippen LogP contribution >= 0.6 is 0 Å². The molecule has 1 heterocycles. The largest absolute Gasteiger partial charge is 0.492 e. The summed E-state index contributed by atoms with van der Waals surface area (Å²) in [5.74, 6) is -3.40. The standard InChI is InChI=1S/C16H15F2NO5/c1-9-8-24-13(7-14(20)21)15(9)16(22)19-4-5-23-10-2-3-11(17)12(18)6-10/h2-3,6,8H,4-5,7H2,1H3,(H,19,22)(H,20,21). The number of benzene rings is 1. The molecule has 1 aromatic carbocycles. The van der Waals surface area contributed by atoms with Crippen molar-refractivity contribution in [3.05, 3.63) is 53.0 Å². The van der Waals surface area contributed by atoms with E-state index in [0.29, 0.717) is 5.56 Å². The summed E-state index contributed by atoms with van der Waals surface area (Å²) in [6.07, 6.45) is 0.910. The normalized spacial score (nSPS) is 10.5. The van der Waals surface area contributed by atoms with Crippen LogP contribution in [0.3, 0.4) is 0 Å². The number of amides is 1. The van der Waals surface area contributed by atoms with Crippen LogP contribution in [0.5, 0.6) is 5.75 Å². The minimum atomic E-state index is -1.11. The molecular weight excluding hydrogens is 324 g/mol. The molecule has 6 nitrogen and oxygen atoms in total. The van der Waals surface area contributed by atoms with Crippen LogP contribution < -0.4 is 10.1 Å². The van der Waals surface area contributed by atoms with Crippen LogP contribution in [0, 0.1) is 18.6 Å². The Balaban J connectivity index is 1.88. The van der Waals surface area contributed by atoms with Crippen molar-refractivity contribution in [1.82, 2.24) is 5.32 Å². The molecule has 0 atom stereocenters. The van der Waals surface area contributed by atoms with Gasteiger partial charge in [0.1, 0.15) is 24.5 Å². The Morgan fingerprint density at radius 3 is 2.71 bits per heavy atom. The molecule has 1 amide bonds. The van der Waals surface area contributed by atoms with E-state index in [0.717, 1.165) is 12.1 Å². The van der Waals surface area contributed by atoms with E-state index in [1.807, 2.05) is 0 Å². The number of nitrogens with one attached hydrogen (secondary N) is 1. The molecule has 0 aliphatic heterocycles. The lowest BCUT2D eigenvalue weighted by atomic mass is 10.1. The molecule has 24 heavy (non-hydrogen) atoms. The average Bonchev–Trinajstić information content (AvgIpc) is 2.87. The summed E-state index contributed by atoms with van der Waals surface area (Å²) in [6, 6.07) is 3.12. The zero-order chi connectivity index (χ0) is 17.7. The van der Waals surface area contributed by atoms with Gasteiger partial charge in [0.05, 0.1) is 18.4 Å². The summed E-state index contributed by atoms with van der Waals surface area (Å²) in [4.78, 5) is 22.9. The number of carbonyl (C=O) groups is 2. The number of hydrogen-bond donors (Lipinski definition) is 2. The van der Waals surface area contributed by atoms with Crippen LogP contribution in [-0.2, 0) is 11.2 Å². The van der Waals surface area contributed by atoms with Gasteiger partial charge in [-0.05, 0) is 19.1 Å². The molecule has 1 aromatic heterocycles. The van der Waals surface area contributed by atoms with E-state index >= 15 is 0 Å². The van der Waals surface area contributed by atoms with E-state index in [1.54, 1.807) is 6.92 Å². The van der Waals surface area contributed by atoms with Gasteiger partial charge < -0.3 is 19.6 Å². The first kappa shape index (κ1) is 17.5. The molecule has 0 fully saturated rings. The molecule has 0 saturated heterocycles. The Hall–Kier alpha value is -2.90. The Morgan fingerprint density at radius 2 is 2.04 bits per heavy atom. The van der Waals surface area contributed by atoms with E-state index < -0.39 is 29.9 Å². The van der Waals surface area contributed by atoms with Crippen LogP contribution in [0.2, 0.25) is 0 Å². The van der Waals surface area contributed by atoms with Crippen molar-refractivity contribution in [3.63, 3.8) is 0 Å². The van der Waals surface area contributed by atoms with Gasteiger partial charge in [-0.15, -0.1) is 0 Å². The maximum atomic E-state index is 13.0. The van der Waals surface area contributed by atoms with Crippen molar-refractivity contribution in [1.29, 1.82) is 0 Å². The van der Waals surface area contributed by atoms with Crippen LogP contribution in [-0.4, -0.2) is 30.1 Å². The fourth-order valence-corrected chi connectivity index (χ4v) is 2.06. The number of rotatable bonds is 7. The summed E-state index contributed by atoms with van der Waals surface area (Å²) >= 11 is 0. The number of ether oxygens (including phenoxy) is 1. The van der Waals surface area contributed by atoms with Crippen molar-refractivity contribution < 1.29 is 32.6 Å². The Kier molecular flexibility index (Phi) is 5.51. The molecule has 2 aromatic rings. The molecule has 0 spiro atoms. The number of aliphatic carboxylic acids is 1. The maximum Gasteiger partial charge on any atom is 0.311 e. The first-order valence-electron chi connectivity index (χ1n) is 7.03. The lowest BCUT2D eigenvalue weighted by Gasteiger charge is -2.08. The number of aryl methyl sites for hydroxylation is 1. The molecule has 0 aliphatic carbocycles. The SMILES string of the molecule is Cc1coc(CC(=O)O)c1C(=O)NCCOc1ccc(F)c(F)c1. The van der Waals surface area contributed by atoms with Crippen LogP contribution in [0.25, 0.3) is 0 Å². The molecule has 128 valence electrons. The van der Waals surface area contributed by atoms with Gasteiger partial charge in [0.15, 0.2) is 11.6 Å². The summed E-state index contributed by atoms with van der Waals surface area (Å²) in [7, 11) is 0. The Bertz CT molecular complexity index is 757. The van der Waals surface area contributed by atoms with Gasteiger partial charge >= 0.3 is 5.97 Å². The Labute approximate surface area is 136 Å². The topological polar surface area (TPSA) is 88.8 Å². The number of carboxylic acids is 1. The van der Waals surface area contributed by atoms with Gasteiger partial charge in [-0.1, -0.05) is 0 Å². The predicted octanol–water partition coefficient (Wildman–Crippen LogP) is 2.30. The van der Waals surface area contributed by atoms with E-state index in [1.165, 1.54) is 12.3 Å². The third-order valence-electron chi connectivity index (χ3n) is 3.14. The van der Waals surface area contributed by atoms with Gasteiger partial charge in [0.2, 0.25) is 0 Å². The van der Waals surface area contributed by atoms with Gasteiger partial charge in [-0.3, -0.25) is 9.59 Å². The van der Waals surface area contributed by atoms with Crippen molar-refractivity contribution in [3.8, 4) is 5.75 Å². The smallest absolute Gasteiger partial charge is 0.311 e. The maximum absolute atomic E-state index is 13.0. The second-order valence-electron chi connectivity index (χ2n) is 4.97. The summed E-state index contributed by atoms with van der Waals surface area (Å²) < 4.78 is 36.1. The van der Waals surface area contributed by atoms with Gasteiger partial charge in [-0.25, -0.2) is 8.78 Å². The zero-order valence-corrected chi connectivity index (χ0v) is 12.8. The fourth-order valence-electron chi connectivity index (χ4n) is 2.06. The Morgan fingerprint density at radius 1 is 1.29 bits per heavy atom. The van der Waals surface area contributed by atoms with Gasteiger partial charge in [0, 0.05) is 11.6 Å². The number of furan rings is 1. The van der Waals surface area contributed by atoms with Crippen molar-refractivity contribution in [2.24, 2.45) is 0 Å². The predicted molar refractivity (Wildman–Crippen MR) is 79.0 cm³/mol. The highest BCUT2D eigenvalue weighted by atomic mass is 19.2. The van der Waals surface area contributed by atoms with Crippen LogP contribution in [0.15, 0.2) is 28.9 Å². The molecule has 0 radical (unpaired) electrons. The average molecular weight is 339 g/mol. The van der Waals surface area contributed by atoms with E-state index in [4.69, 9.17) is 14.3 Å². The highest BCUT2D eigenvalue weighted by molar-refractivity contribution is 5.97. The van der Waals surface area contributed by atoms with Crippen molar-refractivity contribution in [2.45, 2.75) is 13.3 Å². The lowest BCUT2D eigenvalue weighted by Crippen LogP contribution is -2.29. The van der Waals surface area contributed by atoms with E-state index in [-0.39, 0.29) is 30.2 Å². The molecule has 0 bridgehead atoms. The molecule has 0 aliphatic rings. The number of hydrogen-bond acceptors (Lipinski definition) is 4. The number of halogens is 2. The molecule has 0 saturated carbocycles. The molecule has 0 unspecified atom stereocenters. The summed E-state index contributed by atoms with van der Waals surface area (Å²) in [6.45, 7) is 1.75. The highest BCUT2D eigenvalue weighted by Crippen LogP contribution is 2.17. The first-order chi connectivity index (χ1) is 11.4. The quantitative estimate of drug-likeness (QED) is 0.756. The van der Waals surface area contributed by atoms with Gasteiger partial charge in [-0.2, -0.15) is 0 Å². The molecule has 8 heteroatoms. The van der Waals surface area contributed by atoms with Crippen LogP contribution in [0.1, 0.15) is 21.7 Å². The number of carboxylic acid groups (broad SMARTS) is 1. The minimum Gasteiger partial charge on any atom is -0.492 e. The number of carbonyl (C=O) groups excluding carboxylic acids is 1. The van der Waals surface area contributed by atoms with E-state index in [2.05, 4.69) is 5.32 Å². The zero-order valence-electron chi connectivity index (χ0n) is 12.8. The third-order valence-corrected chi connectivity index (χ3v) is 3.14. The van der Waals surface area contributed by atoms with Crippen molar-refractivity contribution >= 4 is 11.9 Å². The molecule has 2 rings (SSSR count). The second kappa shape index (κ2) is 7.58. The first-order valence-corrected chi connectivity index (χ1v) is 7.03. The summed E-state index contributed by atoms with van der Waals surface area (Å²) in [5, 5.41) is 11.3. The lowest BCUT2D eigenvalue weighted by molar-refractivity contribution is -0.136. The fraction of sp³-hybridized carbons (Fsp3) is 0.250. The third kappa shape index (κ3) is 4.31. The van der Waals surface area contributed by atoms with Crippen molar-refractivity contribution in [2.75, 3.05) is 13.2 Å². The molecular formula is C16H15F2NO5. The second-order valence-corrected chi connectivity index (χ2v) is 4.97. The summed E-state index contributed by atoms with van der Waals surface area (Å²) in [5.41, 5.74) is 0.690. The molecule has 2 N–H and O–H groups in total. The minimum absolute atomic E-state index is 0.0297. The van der Waals surface area contributed by atoms with E-state index in [9.17, 15) is 18.4 Å². The van der Waals surface area contributed by atoms with Crippen LogP contribution in [0.4, 0.5) is 8.78 Å².